The standard InChI is InChI=1S/C13H16ClN3O3/c14-9-1-2-10(12(18)19)11(5-9)16-13(20)17-4-3-8(6-15)7-17/h1-2,5,8H,3-4,6-7,15H2,(H,16,20)(H,18,19). The molecule has 0 radical (unpaired) electrons. The van der Waals surface area contributed by atoms with E-state index < -0.39 is 5.97 Å². The highest BCUT2D eigenvalue weighted by Crippen LogP contribution is 2.23. The van der Waals surface area contributed by atoms with E-state index in [9.17, 15) is 9.59 Å². The molecule has 1 unspecified atom stereocenters. The smallest absolute Gasteiger partial charge is 0.337 e. The summed E-state index contributed by atoms with van der Waals surface area (Å²) in [7, 11) is 0. The molecule has 20 heavy (non-hydrogen) atoms. The number of carboxylic acids is 1. The number of benzene rings is 1. The number of rotatable bonds is 3. The van der Waals surface area contributed by atoms with Crippen LogP contribution in [0, 0.1) is 5.92 Å². The SMILES string of the molecule is NCC1CCN(C(=O)Nc2cc(Cl)ccc2C(=O)O)C1. The van der Waals surface area contributed by atoms with E-state index in [0.29, 0.717) is 30.6 Å². The molecule has 0 spiro atoms. The largest absolute Gasteiger partial charge is 0.478 e. The predicted octanol–water partition coefficient (Wildman–Crippen LogP) is 1.85. The van der Waals surface area contributed by atoms with Crippen molar-refractivity contribution in [3.8, 4) is 0 Å². The van der Waals surface area contributed by atoms with E-state index in [4.69, 9.17) is 22.4 Å². The number of hydrogen-bond donors (Lipinski definition) is 3. The number of hydrogen-bond acceptors (Lipinski definition) is 3. The number of halogens is 1. The Balaban J connectivity index is 2.11. The maximum absolute atomic E-state index is 12.1. The number of nitrogens with zero attached hydrogens (tertiary/aromatic N) is 1. The summed E-state index contributed by atoms with van der Waals surface area (Å²) in [4.78, 5) is 24.8. The van der Waals surface area contributed by atoms with Crippen LogP contribution >= 0.6 is 11.6 Å². The van der Waals surface area contributed by atoms with Gasteiger partial charge in [0.2, 0.25) is 0 Å². The second kappa shape index (κ2) is 6.11. The number of anilines is 1. The molecule has 108 valence electrons. The van der Waals surface area contributed by atoms with Gasteiger partial charge < -0.3 is 21.1 Å². The van der Waals surface area contributed by atoms with Crippen molar-refractivity contribution in [2.75, 3.05) is 25.0 Å². The number of urea groups is 1. The van der Waals surface area contributed by atoms with Crippen molar-refractivity contribution in [1.29, 1.82) is 0 Å². The molecular weight excluding hydrogens is 282 g/mol. The van der Waals surface area contributed by atoms with Gasteiger partial charge in [-0.2, -0.15) is 0 Å². The minimum atomic E-state index is -1.11. The van der Waals surface area contributed by atoms with Crippen LogP contribution in [-0.4, -0.2) is 41.6 Å². The summed E-state index contributed by atoms with van der Waals surface area (Å²) < 4.78 is 0. The summed E-state index contributed by atoms with van der Waals surface area (Å²) in [6, 6.07) is 3.94. The number of likely N-dealkylation sites (tertiary alicyclic amines) is 1. The fourth-order valence-electron chi connectivity index (χ4n) is 2.21. The first-order valence-electron chi connectivity index (χ1n) is 6.30. The molecule has 1 fully saturated rings. The molecule has 1 aromatic rings. The molecule has 2 rings (SSSR count). The van der Waals surface area contributed by atoms with Crippen LogP contribution < -0.4 is 11.1 Å². The van der Waals surface area contributed by atoms with Gasteiger partial charge in [-0.05, 0) is 37.1 Å². The first kappa shape index (κ1) is 14.6. The third-order valence-electron chi connectivity index (χ3n) is 3.36. The maximum atomic E-state index is 12.1. The Labute approximate surface area is 121 Å². The maximum Gasteiger partial charge on any atom is 0.337 e. The van der Waals surface area contributed by atoms with E-state index in [0.717, 1.165) is 6.42 Å². The molecule has 0 saturated carbocycles. The van der Waals surface area contributed by atoms with Crippen molar-refractivity contribution in [2.24, 2.45) is 11.7 Å². The fraction of sp³-hybridized carbons (Fsp3) is 0.385. The predicted molar refractivity (Wildman–Crippen MR) is 76.2 cm³/mol. The summed E-state index contributed by atoms with van der Waals surface area (Å²) in [5.74, 6) is -0.808. The Hall–Kier alpha value is -1.79. The first-order valence-corrected chi connectivity index (χ1v) is 6.68. The van der Waals surface area contributed by atoms with Crippen LogP contribution in [0.15, 0.2) is 18.2 Å². The molecule has 0 aromatic heterocycles. The molecule has 7 heteroatoms. The van der Waals surface area contributed by atoms with Gasteiger partial charge in [0.25, 0.3) is 0 Å². The highest BCUT2D eigenvalue weighted by molar-refractivity contribution is 6.31. The van der Waals surface area contributed by atoms with Gasteiger partial charge >= 0.3 is 12.0 Å². The minimum absolute atomic E-state index is 0.0114. The Morgan fingerprint density at radius 1 is 1.50 bits per heavy atom. The zero-order valence-electron chi connectivity index (χ0n) is 10.8. The average molecular weight is 298 g/mol. The summed E-state index contributed by atoms with van der Waals surface area (Å²) in [5, 5.41) is 12.1. The van der Waals surface area contributed by atoms with Crippen molar-refractivity contribution < 1.29 is 14.7 Å². The molecule has 1 aromatic carbocycles. The Bertz CT molecular complexity index is 536. The quantitative estimate of drug-likeness (QED) is 0.793. The van der Waals surface area contributed by atoms with E-state index in [-0.39, 0.29) is 17.3 Å². The minimum Gasteiger partial charge on any atom is -0.478 e. The first-order chi connectivity index (χ1) is 9.51. The van der Waals surface area contributed by atoms with Gasteiger partial charge in [-0.25, -0.2) is 9.59 Å². The van der Waals surface area contributed by atoms with Crippen LogP contribution in [0.5, 0.6) is 0 Å². The summed E-state index contributed by atoms with van der Waals surface area (Å²) in [6.07, 6.45) is 0.866. The van der Waals surface area contributed by atoms with Crippen LogP contribution in [0.25, 0.3) is 0 Å². The Kier molecular flexibility index (Phi) is 4.46. The number of nitrogens with two attached hydrogens (primary N) is 1. The summed E-state index contributed by atoms with van der Waals surface area (Å²) >= 11 is 5.84. The van der Waals surface area contributed by atoms with Gasteiger partial charge in [0.05, 0.1) is 11.3 Å². The molecule has 1 aliphatic rings. The number of carbonyl (C=O) groups excluding carboxylic acids is 1. The highest BCUT2D eigenvalue weighted by Gasteiger charge is 2.26. The second-order valence-electron chi connectivity index (χ2n) is 4.76. The van der Waals surface area contributed by atoms with Gasteiger partial charge in [-0.1, -0.05) is 11.6 Å². The number of aromatic carboxylic acids is 1. The topological polar surface area (TPSA) is 95.7 Å². The van der Waals surface area contributed by atoms with Crippen LogP contribution in [0.2, 0.25) is 5.02 Å². The fourth-order valence-corrected chi connectivity index (χ4v) is 2.38. The third-order valence-corrected chi connectivity index (χ3v) is 3.60. The zero-order valence-corrected chi connectivity index (χ0v) is 11.6. The van der Waals surface area contributed by atoms with Crippen molar-refractivity contribution in [2.45, 2.75) is 6.42 Å². The second-order valence-corrected chi connectivity index (χ2v) is 5.20. The molecule has 1 saturated heterocycles. The van der Waals surface area contributed by atoms with Crippen LogP contribution in [-0.2, 0) is 0 Å². The highest BCUT2D eigenvalue weighted by atomic mass is 35.5. The normalized spacial score (nSPS) is 18.1. The number of carboxylic acid groups (broad SMARTS) is 1. The molecule has 2 amide bonds. The monoisotopic (exact) mass is 297 g/mol. The van der Waals surface area contributed by atoms with Gasteiger partial charge in [-0.15, -0.1) is 0 Å². The van der Waals surface area contributed by atoms with E-state index in [1.807, 2.05) is 0 Å². The number of amides is 2. The molecular formula is C13H16ClN3O3. The van der Waals surface area contributed by atoms with Crippen molar-refractivity contribution in [3.63, 3.8) is 0 Å². The van der Waals surface area contributed by atoms with Crippen LogP contribution in [0.3, 0.4) is 0 Å². The Morgan fingerprint density at radius 3 is 2.85 bits per heavy atom. The lowest BCUT2D eigenvalue weighted by molar-refractivity contribution is 0.0698. The van der Waals surface area contributed by atoms with Gasteiger partial charge in [0.15, 0.2) is 0 Å². The van der Waals surface area contributed by atoms with Gasteiger partial charge in [0, 0.05) is 18.1 Å². The molecule has 1 aliphatic heterocycles. The average Bonchev–Trinajstić information content (AvgIpc) is 2.87. The number of carbonyl (C=O) groups is 2. The lowest BCUT2D eigenvalue weighted by Gasteiger charge is -2.18. The molecule has 1 atom stereocenters. The molecule has 1 heterocycles. The Morgan fingerprint density at radius 2 is 2.25 bits per heavy atom. The van der Waals surface area contributed by atoms with Gasteiger partial charge in [-0.3, -0.25) is 0 Å². The van der Waals surface area contributed by atoms with E-state index in [2.05, 4.69) is 5.32 Å². The zero-order chi connectivity index (χ0) is 14.7. The summed E-state index contributed by atoms with van der Waals surface area (Å²) in [6.45, 7) is 1.75. The third kappa shape index (κ3) is 3.20. The molecule has 0 aliphatic carbocycles. The van der Waals surface area contributed by atoms with E-state index in [1.54, 1.807) is 4.90 Å². The molecule has 0 bridgehead atoms. The lowest BCUT2D eigenvalue weighted by Crippen LogP contribution is -2.34. The molecule has 6 nitrogen and oxygen atoms in total. The summed E-state index contributed by atoms with van der Waals surface area (Å²) in [5.41, 5.74) is 5.79. The van der Waals surface area contributed by atoms with Crippen molar-refractivity contribution in [3.05, 3.63) is 28.8 Å². The molecule has 4 N–H and O–H groups in total. The van der Waals surface area contributed by atoms with E-state index >= 15 is 0 Å². The van der Waals surface area contributed by atoms with Gasteiger partial charge in [0.1, 0.15) is 0 Å². The van der Waals surface area contributed by atoms with Crippen LogP contribution in [0.4, 0.5) is 10.5 Å². The van der Waals surface area contributed by atoms with Crippen molar-refractivity contribution in [1.82, 2.24) is 4.90 Å². The van der Waals surface area contributed by atoms with Crippen molar-refractivity contribution >= 4 is 29.3 Å². The number of nitrogens with one attached hydrogen (secondary N) is 1. The lowest BCUT2D eigenvalue weighted by atomic mass is 10.1. The van der Waals surface area contributed by atoms with Crippen LogP contribution in [0.1, 0.15) is 16.8 Å². The van der Waals surface area contributed by atoms with E-state index in [1.165, 1.54) is 18.2 Å².